The number of rotatable bonds is 6. The van der Waals surface area contributed by atoms with Crippen molar-refractivity contribution in [2.24, 2.45) is 0 Å². The number of carbonyl (C=O) groups is 2. The summed E-state index contributed by atoms with van der Waals surface area (Å²) in [6.45, 7) is 4.93. The van der Waals surface area contributed by atoms with Gasteiger partial charge in [-0.2, -0.15) is 0 Å². The maximum Gasteiger partial charge on any atom is 0.307 e. The van der Waals surface area contributed by atoms with Gasteiger partial charge < -0.3 is 19.5 Å². The Morgan fingerprint density at radius 3 is 2.69 bits per heavy atom. The second kappa shape index (κ2) is 8.23. The topological polar surface area (TPSA) is 73.9 Å². The molecule has 2 aromatic rings. The Balaban J connectivity index is 1.59. The molecule has 0 bridgehead atoms. The van der Waals surface area contributed by atoms with Gasteiger partial charge in [-0.1, -0.05) is 0 Å². The summed E-state index contributed by atoms with van der Waals surface area (Å²) in [5.74, 6) is 0.944. The van der Waals surface area contributed by atoms with Crippen molar-refractivity contribution >= 4 is 23.2 Å². The number of benzene rings is 1. The lowest BCUT2D eigenvalue weighted by Gasteiger charge is -2.18. The molecule has 1 aromatic carbocycles. The van der Waals surface area contributed by atoms with E-state index in [4.69, 9.17) is 14.2 Å². The minimum Gasteiger partial charge on any atom is -0.486 e. The molecule has 1 N–H and O–H groups in total. The van der Waals surface area contributed by atoms with Crippen LogP contribution in [0.1, 0.15) is 29.9 Å². The van der Waals surface area contributed by atoms with E-state index >= 15 is 0 Å². The van der Waals surface area contributed by atoms with Crippen LogP contribution in [0.25, 0.3) is 10.4 Å². The molecular formula is C19H21NO5S. The van der Waals surface area contributed by atoms with E-state index in [2.05, 4.69) is 5.32 Å². The minimum absolute atomic E-state index is 0.149. The van der Waals surface area contributed by atoms with E-state index in [1.165, 1.54) is 11.3 Å². The normalized spacial score (nSPS) is 12.7. The molecule has 0 atom stereocenters. The van der Waals surface area contributed by atoms with Crippen LogP contribution in [-0.4, -0.2) is 37.7 Å². The van der Waals surface area contributed by atoms with Gasteiger partial charge in [0.2, 0.25) is 0 Å². The summed E-state index contributed by atoms with van der Waals surface area (Å²) in [4.78, 5) is 25.3. The summed E-state index contributed by atoms with van der Waals surface area (Å²) in [5.41, 5.74) is 0.971. The highest BCUT2D eigenvalue weighted by Gasteiger charge is 2.15. The Morgan fingerprint density at radius 2 is 1.92 bits per heavy atom. The molecule has 26 heavy (non-hydrogen) atoms. The molecule has 0 saturated heterocycles. The van der Waals surface area contributed by atoms with Crippen LogP contribution in [0, 0.1) is 0 Å². The van der Waals surface area contributed by atoms with E-state index in [-0.39, 0.29) is 30.9 Å². The molecule has 0 saturated carbocycles. The largest absolute Gasteiger partial charge is 0.486 e. The predicted octanol–water partition coefficient (Wildman–Crippen LogP) is 3.26. The van der Waals surface area contributed by atoms with Gasteiger partial charge in [0.1, 0.15) is 13.2 Å². The molecule has 0 aliphatic carbocycles. The molecule has 2 heterocycles. The van der Waals surface area contributed by atoms with Gasteiger partial charge in [0.25, 0.3) is 5.91 Å². The lowest BCUT2D eigenvalue weighted by atomic mass is 10.1. The van der Waals surface area contributed by atoms with E-state index in [9.17, 15) is 9.59 Å². The first-order valence-corrected chi connectivity index (χ1v) is 9.32. The first-order chi connectivity index (χ1) is 12.5. The number of carbonyl (C=O) groups excluding carboxylic acids is 2. The third-order valence-electron chi connectivity index (χ3n) is 3.64. The number of hydrogen-bond donors (Lipinski definition) is 1. The summed E-state index contributed by atoms with van der Waals surface area (Å²) in [5, 5.41) is 2.74. The Kier molecular flexibility index (Phi) is 5.78. The molecule has 0 radical (unpaired) electrons. The lowest BCUT2D eigenvalue weighted by molar-refractivity contribution is -0.147. The van der Waals surface area contributed by atoms with Crippen LogP contribution in [0.5, 0.6) is 11.5 Å². The van der Waals surface area contributed by atoms with Crippen molar-refractivity contribution in [3.63, 3.8) is 0 Å². The first kappa shape index (κ1) is 18.3. The maximum atomic E-state index is 12.2. The predicted molar refractivity (Wildman–Crippen MR) is 98.9 cm³/mol. The quantitative estimate of drug-likeness (QED) is 0.785. The summed E-state index contributed by atoms with van der Waals surface area (Å²) >= 11 is 1.39. The lowest BCUT2D eigenvalue weighted by Crippen LogP contribution is -2.26. The Bertz CT molecular complexity index is 799. The van der Waals surface area contributed by atoms with Crippen molar-refractivity contribution in [3.05, 3.63) is 35.2 Å². The molecule has 7 heteroatoms. The summed E-state index contributed by atoms with van der Waals surface area (Å²) < 4.78 is 16.2. The molecule has 1 aliphatic rings. The van der Waals surface area contributed by atoms with Crippen LogP contribution in [0.15, 0.2) is 30.3 Å². The third kappa shape index (κ3) is 4.54. The Hall–Kier alpha value is -2.54. The second-order valence-electron chi connectivity index (χ2n) is 6.07. The molecule has 1 aromatic heterocycles. The number of esters is 1. The van der Waals surface area contributed by atoms with E-state index in [1.807, 2.05) is 24.3 Å². The van der Waals surface area contributed by atoms with E-state index in [0.29, 0.717) is 18.1 Å². The van der Waals surface area contributed by atoms with Crippen molar-refractivity contribution in [1.29, 1.82) is 0 Å². The van der Waals surface area contributed by atoms with Crippen LogP contribution in [-0.2, 0) is 9.53 Å². The molecule has 0 fully saturated rings. The zero-order chi connectivity index (χ0) is 18.5. The molecule has 1 aliphatic heterocycles. The third-order valence-corrected chi connectivity index (χ3v) is 4.77. The van der Waals surface area contributed by atoms with E-state index in [0.717, 1.165) is 21.9 Å². The number of thiophene rings is 1. The number of nitrogens with one attached hydrogen (secondary N) is 1. The number of fused-ring (bicyclic) bond motifs is 1. The number of hydrogen-bond acceptors (Lipinski definition) is 6. The summed E-state index contributed by atoms with van der Waals surface area (Å²) in [6, 6.07) is 9.42. The fourth-order valence-corrected chi connectivity index (χ4v) is 3.42. The Morgan fingerprint density at radius 1 is 1.15 bits per heavy atom. The molecule has 3 rings (SSSR count). The zero-order valence-electron chi connectivity index (χ0n) is 14.7. The van der Waals surface area contributed by atoms with Crippen molar-refractivity contribution < 1.29 is 23.8 Å². The fraction of sp³-hybridized carbons (Fsp3) is 0.368. The van der Waals surface area contributed by atoms with Crippen molar-refractivity contribution in [3.8, 4) is 21.9 Å². The molecular weight excluding hydrogens is 354 g/mol. The average Bonchev–Trinajstić information content (AvgIpc) is 3.11. The summed E-state index contributed by atoms with van der Waals surface area (Å²) in [6.07, 6.45) is 0.00803. The molecule has 138 valence electrons. The highest BCUT2D eigenvalue weighted by Crippen LogP contribution is 2.36. The van der Waals surface area contributed by atoms with Crippen LogP contribution in [0.3, 0.4) is 0 Å². The number of amides is 1. The van der Waals surface area contributed by atoms with Gasteiger partial charge in [0.15, 0.2) is 11.5 Å². The van der Waals surface area contributed by atoms with Gasteiger partial charge in [-0.25, -0.2) is 0 Å². The SMILES string of the molecule is CC(C)OC(=O)CCNC(=O)c1ccc(-c2ccc3c(c2)OCCO3)s1. The van der Waals surface area contributed by atoms with Crippen molar-refractivity contribution in [2.45, 2.75) is 26.4 Å². The minimum atomic E-state index is -0.316. The summed E-state index contributed by atoms with van der Waals surface area (Å²) in [7, 11) is 0. The first-order valence-electron chi connectivity index (χ1n) is 8.50. The van der Waals surface area contributed by atoms with Gasteiger partial charge in [-0.05, 0) is 49.7 Å². The van der Waals surface area contributed by atoms with Gasteiger partial charge >= 0.3 is 5.97 Å². The van der Waals surface area contributed by atoms with Crippen molar-refractivity contribution in [1.82, 2.24) is 5.32 Å². The smallest absolute Gasteiger partial charge is 0.307 e. The number of ether oxygens (including phenoxy) is 3. The average molecular weight is 375 g/mol. The van der Waals surface area contributed by atoms with E-state index < -0.39 is 0 Å². The molecule has 0 spiro atoms. The van der Waals surface area contributed by atoms with Crippen molar-refractivity contribution in [2.75, 3.05) is 19.8 Å². The van der Waals surface area contributed by atoms with Crippen LogP contribution < -0.4 is 14.8 Å². The maximum absolute atomic E-state index is 12.2. The second-order valence-corrected chi connectivity index (χ2v) is 7.15. The van der Waals surface area contributed by atoms with Gasteiger partial charge in [0, 0.05) is 11.4 Å². The zero-order valence-corrected chi connectivity index (χ0v) is 15.6. The van der Waals surface area contributed by atoms with Gasteiger partial charge in [-0.3, -0.25) is 9.59 Å². The van der Waals surface area contributed by atoms with Crippen LogP contribution in [0.4, 0.5) is 0 Å². The highest BCUT2D eigenvalue weighted by molar-refractivity contribution is 7.17. The molecule has 6 nitrogen and oxygen atoms in total. The molecule has 0 unspecified atom stereocenters. The van der Waals surface area contributed by atoms with Crippen LogP contribution >= 0.6 is 11.3 Å². The fourth-order valence-electron chi connectivity index (χ4n) is 2.50. The van der Waals surface area contributed by atoms with Crippen LogP contribution in [0.2, 0.25) is 0 Å². The standard InChI is InChI=1S/C19H21NO5S/c1-12(2)25-18(21)7-8-20-19(22)17-6-5-16(26-17)13-3-4-14-15(11-13)24-10-9-23-14/h3-6,11-12H,7-10H2,1-2H3,(H,20,22). The van der Waals surface area contributed by atoms with Gasteiger partial charge in [-0.15, -0.1) is 11.3 Å². The molecule has 1 amide bonds. The monoisotopic (exact) mass is 375 g/mol. The Labute approximate surface area is 156 Å². The highest BCUT2D eigenvalue weighted by atomic mass is 32.1. The van der Waals surface area contributed by atoms with Gasteiger partial charge in [0.05, 0.1) is 17.4 Å². The van der Waals surface area contributed by atoms with E-state index in [1.54, 1.807) is 19.9 Å².